The molecule has 0 aliphatic heterocycles. The van der Waals surface area contributed by atoms with Crippen LogP contribution < -0.4 is 5.32 Å². The van der Waals surface area contributed by atoms with Crippen molar-refractivity contribution in [3.8, 4) is 6.07 Å². The third kappa shape index (κ3) is 1.71. The zero-order chi connectivity index (χ0) is 10.7. The van der Waals surface area contributed by atoms with E-state index in [-0.39, 0.29) is 5.91 Å². The second-order valence-corrected chi connectivity index (χ2v) is 3.71. The molecule has 0 atom stereocenters. The molecule has 1 aliphatic carbocycles. The smallest absolute Gasteiger partial charge is 0.240 e. The van der Waals surface area contributed by atoms with E-state index in [0.29, 0.717) is 25.1 Å². The van der Waals surface area contributed by atoms with Gasteiger partial charge >= 0.3 is 0 Å². The maximum Gasteiger partial charge on any atom is 0.240 e. The summed E-state index contributed by atoms with van der Waals surface area (Å²) in [6, 6.07) is 3.77. The van der Waals surface area contributed by atoms with Gasteiger partial charge in [-0.05, 0) is 19.3 Å². The molecule has 1 heterocycles. The molecule has 15 heavy (non-hydrogen) atoms. The molecule has 0 spiro atoms. The number of nitrogens with one attached hydrogen (secondary N) is 1. The minimum Gasteiger partial charge on any atom is -0.360 e. The fourth-order valence-electron chi connectivity index (χ4n) is 1.59. The van der Waals surface area contributed by atoms with Crippen molar-refractivity contribution in [2.75, 3.05) is 0 Å². The SMILES string of the molecule is N#CC1(C(=O)NCc2ccno2)CCC1. The van der Waals surface area contributed by atoms with Crippen LogP contribution in [-0.2, 0) is 11.3 Å². The average molecular weight is 205 g/mol. The first-order chi connectivity index (χ1) is 7.27. The molecule has 5 nitrogen and oxygen atoms in total. The predicted molar refractivity (Wildman–Crippen MR) is 50.2 cm³/mol. The Balaban J connectivity index is 1.90. The molecule has 1 aliphatic rings. The summed E-state index contributed by atoms with van der Waals surface area (Å²) in [7, 11) is 0. The molecule has 0 aromatic carbocycles. The number of hydrogen-bond acceptors (Lipinski definition) is 4. The van der Waals surface area contributed by atoms with Crippen LogP contribution in [0.1, 0.15) is 25.0 Å². The summed E-state index contributed by atoms with van der Waals surface area (Å²) >= 11 is 0. The summed E-state index contributed by atoms with van der Waals surface area (Å²) in [4.78, 5) is 11.7. The molecule has 2 rings (SSSR count). The lowest BCUT2D eigenvalue weighted by molar-refractivity contribution is -0.132. The molecule has 1 saturated carbocycles. The lowest BCUT2D eigenvalue weighted by Crippen LogP contribution is -2.44. The van der Waals surface area contributed by atoms with Gasteiger partial charge in [0.15, 0.2) is 5.76 Å². The van der Waals surface area contributed by atoms with Crippen molar-refractivity contribution in [2.24, 2.45) is 5.41 Å². The second-order valence-electron chi connectivity index (χ2n) is 3.71. The van der Waals surface area contributed by atoms with Crippen molar-refractivity contribution in [3.05, 3.63) is 18.0 Å². The van der Waals surface area contributed by atoms with Crippen molar-refractivity contribution in [1.82, 2.24) is 10.5 Å². The zero-order valence-corrected chi connectivity index (χ0v) is 8.19. The molecule has 0 radical (unpaired) electrons. The normalized spacial score (nSPS) is 17.5. The molecule has 1 aromatic heterocycles. The van der Waals surface area contributed by atoms with Gasteiger partial charge < -0.3 is 9.84 Å². The number of rotatable bonds is 3. The summed E-state index contributed by atoms with van der Waals surface area (Å²) in [5.74, 6) is 0.392. The highest BCUT2D eigenvalue weighted by molar-refractivity contribution is 5.86. The Morgan fingerprint density at radius 1 is 1.73 bits per heavy atom. The minimum atomic E-state index is -0.792. The van der Waals surface area contributed by atoms with Crippen LogP contribution in [0, 0.1) is 16.7 Å². The minimum absolute atomic E-state index is 0.201. The van der Waals surface area contributed by atoms with Crippen LogP contribution in [0.3, 0.4) is 0 Å². The number of nitrogens with zero attached hydrogens (tertiary/aromatic N) is 2. The van der Waals surface area contributed by atoms with Gasteiger partial charge in [-0.2, -0.15) is 5.26 Å². The number of carbonyl (C=O) groups is 1. The number of carbonyl (C=O) groups excluding carboxylic acids is 1. The van der Waals surface area contributed by atoms with Crippen molar-refractivity contribution < 1.29 is 9.32 Å². The van der Waals surface area contributed by atoms with E-state index < -0.39 is 5.41 Å². The van der Waals surface area contributed by atoms with E-state index in [4.69, 9.17) is 9.78 Å². The summed E-state index contributed by atoms with van der Waals surface area (Å²) in [6.07, 6.45) is 3.78. The van der Waals surface area contributed by atoms with Crippen LogP contribution >= 0.6 is 0 Å². The maximum absolute atomic E-state index is 11.7. The third-order valence-electron chi connectivity index (χ3n) is 2.77. The van der Waals surface area contributed by atoms with Crippen LogP contribution in [0.5, 0.6) is 0 Å². The molecule has 1 N–H and O–H groups in total. The number of amides is 1. The number of hydrogen-bond donors (Lipinski definition) is 1. The molecule has 0 bridgehead atoms. The monoisotopic (exact) mass is 205 g/mol. The molecular weight excluding hydrogens is 194 g/mol. The topological polar surface area (TPSA) is 78.9 Å². The molecule has 1 amide bonds. The van der Waals surface area contributed by atoms with Gasteiger partial charge in [0, 0.05) is 6.07 Å². The van der Waals surface area contributed by atoms with Gasteiger partial charge in [0.2, 0.25) is 5.91 Å². The molecular formula is C10H11N3O2. The fraction of sp³-hybridized carbons (Fsp3) is 0.500. The van der Waals surface area contributed by atoms with E-state index in [1.807, 2.05) is 0 Å². The lowest BCUT2D eigenvalue weighted by atomic mass is 9.69. The van der Waals surface area contributed by atoms with E-state index in [0.717, 1.165) is 6.42 Å². The molecule has 0 saturated heterocycles. The zero-order valence-electron chi connectivity index (χ0n) is 8.19. The lowest BCUT2D eigenvalue weighted by Gasteiger charge is -2.33. The van der Waals surface area contributed by atoms with E-state index >= 15 is 0 Å². The Morgan fingerprint density at radius 2 is 2.53 bits per heavy atom. The van der Waals surface area contributed by atoms with Crippen molar-refractivity contribution in [1.29, 1.82) is 5.26 Å². The standard InChI is InChI=1S/C10H11N3O2/c11-7-10(3-1-4-10)9(14)12-6-8-2-5-13-15-8/h2,5H,1,3-4,6H2,(H,12,14). The van der Waals surface area contributed by atoms with Gasteiger partial charge in [0.25, 0.3) is 0 Å². The fourth-order valence-corrected chi connectivity index (χ4v) is 1.59. The van der Waals surface area contributed by atoms with E-state index in [1.165, 1.54) is 6.20 Å². The summed E-state index contributed by atoms with van der Waals surface area (Å²) in [6.45, 7) is 0.294. The van der Waals surface area contributed by atoms with Gasteiger partial charge in [0.1, 0.15) is 5.41 Å². The largest absolute Gasteiger partial charge is 0.360 e. The summed E-state index contributed by atoms with van der Waals surface area (Å²) in [5.41, 5.74) is -0.792. The van der Waals surface area contributed by atoms with Crippen LogP contribution in [0.25, 0.3) is 0 Å². The first-order valence-corrected chi connectivity index (χ1v) is 4.86. The highest BCUT2D eigenvalue weighted by atomic mass is 16.5. The van der Waals surface area contributed by atoms with Crippen LogP contribution in [0.2, 0.25) is 0 Å². The first kappa shape index (κ1) is 9.71. The molecule has 1 fully saturated rings. The average Bonchev–Trinajstić information content (AvgIpc) is 2.66. The highest BCUT2D eigenvalue weighted by Gasteiger charge is 2.44. The second kappa shape index (κ2) is 3.73. The Bertz CT molecular complexity index is 387. The summed E-state index contributed by atoms with van der Waals surface area (Å²) < 4.78 is 4.83. The van der Waals surface area contributed by atoms with Gasteiger partial charge in [-0.3, -0.25) is 4.79 Å². The molecule has 5 heteroatoms. The van der Waals surface area contributed by atoms with Crippen LogP contribution in [-0.4, -0.2) is 11.1 Å². The first-order valence-electron chi connectivity index (χ1n) is 4.86. The van der Waals surface area contributed by atoms with Crippen molar-refractivity contribution in [2.45, 2.75) is 25.8 Å². The Morgan fingerprint density at radius 3 is 3.00 bits per heavy atom. The Labute approximate surface area is 87.0 Å². The van der Waals surface area contributed by atoms with E-state index in [2.05, 4.69) is 16.5 Å². The van der Waals surface area contributed by atoms with Crippen molar-refractivity contribution in [3.63, 3.8) is 0 Å². The number of aromatic nitrogens is 1. The molecule has 78 valence electrons. The van der Waals surface area contributed by atoms with Gasteiger partial charge in [-0.15, -0.1) is 0 Å². The molecule has 0 unspecified atom stereocenters. The quantitative estimate of drug-likeness (QED) is 0.797. The van der Waals surface area contributed by atoms with E-state index in [9.17, 15) is 4.79 Å². The summed E-state index contributed by atoms with van der Waals surface area (Å²) in [5, 5.41) is 15.1. The van der Waals surface area contributed by atoms with Crippen LogP contribution in [0.15, 0.2) is 16.8 Å². The molecule has 1 aromatic rings. The Hall–Kier alpha value is -1.83. The van der Waals surface area contributed by atoms with Gasteiger partial charge in [-0.1, -0.05) is 5.16 Å². The van der Waals surface area contributed by atoms with Gasteiger partial charge in [-0.25, -0.2) is 0 Å². The Kier molecular flexibility index (Phi) is 2.42. The van der Waals surface area contributed by atoms with Crippen LogP contribution in [0.4, 0.5) is 0 Å². The van der Waals surface area contributed by atoms with Gasteiger partial charge in [0.05, 0.1) is 18.8 Å². The number of nitriles is 1. The highest BCUT2D eigenvalue weighted by Crippen LogP contribution is 2.40. The van der Waals surface area contributed by atoms with E-state index in [1.54, 1.807) is 6.07 Å². The third-order valence-corrected chi connectivity index (χ3v) is 2.77. The van der Waals surface area contributed by atoms with Crippen molar-refractivity contribution >= 4 is 5.91 Å². The maximum atomic E-state index is 11.7. The predicted octanol–water partition coefficient (Wildman–Crippen LogP) is 0.985.